The molecule has 2 aromatic rings. The third-order valence-corrected chi connectivity index (χ3v) is 4.98. The highest BCUT2D eigenvalue weighted by atomic mass is 127. The lowest BCUT2D eigenvalue weighted by Crippen LogP contribution is -2.36. The van der Waals surface area contributed by atoms with Gasteiger partial charge in [-0.15, -0.1) is 35.3 Å². The van der Waals surface area contributed by atoms with E-state index in [9.17, 15) is 0 Å². The highest BCUT2D eigenvalue weighted by molar-refractivity contribution is 14.0. The topological polar surface area (TPSA) is 77.0 Å². The van der Waals surface area contributed by atoms with Crippen LogP contribution in [0.3, 0.4) is 0 Å². The predicted molar refractivity (Wildman–Crippen MR) is 125 cm³/mol. The highest BCUT2D eigenvalue weighted by Gasteiger charge is 2.14. The van der Waals surface area contributed by atoms with Crippen LogP contribution in [0.4, 0.5) is 0 Å². The van der Waals surface area contributed by atoms with E-state index in [-0.39, 0.29) is 24.0 Å². The Hall–Kier alpha value is -1.75. The van der Waals surface area contributed by atoms with Crippen molar-refractivity contribution in [1.82, 2.24) is 15.6 Å². The van der Waals surface area contributed by atoms with E-state index in [2.05, 4.69) is 20.6 Å². The lowest BCUT2D eigenvalue weighted by atomic mass is 10.2. The molecule has 0 aliphatic carbocycles. The minimum absolute atomic E-state index is 0. The lowest BCUT2D eigenvalue weighted by molar-refractivity contribution is 0.288. The van der Waals surface area contributed by atoms with Gasteiger partial charge in [-0.25, -0.2) is 4.98 Å². The van der Waals surface area contributed by atoms with E-state index in [1.165, 1.54) is 4.88 Å². The fraction of sp³-hybridized carbons (Fsp3) is 0.474. The molecule has 0 aliphatic heterocycles. The van der Waals surface area contributed by atoms with Gasteiger partial charge >= 0.3 is 0 Å². The molecule has 0 unspecified atom stereocenters. The summed E-state index contributed by atoms with van der Waals surface area (Å²) in [5.41, 5.74) is 2.06. The van der Waals surface area contributed by atoms with E-state index < -0.39 is 0 Å². The van der Waals surface area contributed by atoms with Crippen LogP contribution in [0.15, 0.2) is 17.1 Å². The molecular weight excluding hydrogens is 491 g/mol. The van der Waals surface area contributed by atoms with Crippen LogP contribution in [0.5, 0.6) is 17.2 Å². The number of benzene rings is 1. The second kappa shape index (κ2) is 11.9. The van der Waals surface area contributed by atoms with Gasteiger partial charge in [0.25, 0.3) is 0 Å². The number of hydrogen-bond donors (Lipinski definition) is 2. The summed E-state index contributed by atoms with van der Waals surface area (Å²) in [6.07, 6.45) is 0. The Morgan fingerprint density at radius 3 is 2.18 bits per heavy atom. The van der Waals surface area contributed by atoms with Crippen molar-refractivity contribution in [3.8, 4) is 17.2 Å². The zero-order valence-corrected chi connectivity index (χ0v) is 20.4. The van der Waals surface area contributed by atoms with Crippen molar-refractivity contribution in [3.05, 3.63) is 33.3 Å². The molecule has 0 saturated carbocycles. The Morgan fingerprint density at radius 1 is 1.11 bits per heavy atom. The Morgan fingerprint density at radius 2 is 1.71 bits per heavy atom. The molecule has 0 bridgehead atoms. The normalized spacial score (nSPS) is 10.9. The van der Waals surface area contributed by atoms with Crippen molar-refractivity contribution in [1.29, 1.82) is 0 Å². The molecule has 1 aromatic heterocycles. The van der Waals surface area contributed by atoms with Crippen molar-refractivity contribution in [3.63, 3.8) is 0 Å². The molecule has 2 rings (SSSR count). The van der Waals surface area contributed by atoms with Gasteiger partial charge in [0, 0.05) is 18.5 Å². The molecule has 1 aromatic carbocycles. The van der Waals surface area contributed by atoms with E-state index in [1.807, 2.05) is 32.9 Å². The number of halogens is 1. The summed E-state index contributed by atoms with van der Waals surface area (Å²) in [4.78, 5) is 9.93. The van der Waals surface area contributed by atoms with Crippen molar-refractivity contribution >= 4 is 41.3 Å². The fourth-order valence-corrected chi connectivity index (χ4v) is 3.51. The van der Waals surface area contributed by atoms with Crippen LogP contribution >= 0.6 is 35.3 Å². The van der Waals surface area contributed by atoms with Crippen molar-refractivity contribution < 1.29 is 14.2 Å². The summed E-state index contributed by atoms with van der Waals surface area (Å²) < 4.78 is 16.5. The molecule has 0 aliphatic rings. The molecule has 156 valence electrons. The number of aryl methyl sites for hydroxylation is 2. The molecule has 2 N–H and O–H groups in total. The Kier molecular flexibility index (Phi) is 10.4. The number of aliphatic imine (C=N–C) groups is 1. The molecule has 0 saturated heterocycles. The fourth-order valence-electron chi connectivity index (χ4n) is 2.63. The summed E-state index contributed by atoms with van der Waals surface area (Å²) in [7, 11) is 4.99. The lowest BCUT2D eigenvalue weighted by Gasteiger charge is -2.16. The van der Waals surface area contributed by atoms with Crippen LogP contribution in [0.25, 0.3) is 0 Å². The number of aromatic nitrogens is 1. The summed E-state index contributed by atoms with van der Waals surface area (Å²) in [6, 6.07) is 3.87. The number of thiazole rings is 1. The average Bonchev–Trinajstić information content (AvgIpc) is 2.99. The van der Waals surface area contributed by atoms with Gasteiger partial charge in [-0.2, -0.15) is 0 Å². The Balaban J connectivity index is 0.00000392. The summed E-state index contributed by atoms with van der Waals surface area (Å²) >= 11 is 1.69. The second-order valence-electron chi connectivity index (χ2n) is 5.78. The largest absolute Gasteiger partial charge is 0.493 e. The van der Waals surface area contributed by atoms with Crippen LogP contribution in [0.2, 0.25) is 0 Å². The van der Waals surface area contributed by atoms with Crippen molar-refractivity contribution in [2.75, 3.05) is 27.9 Å². The number of nitrogens with one attached hydrogen (secondary N) is 2. The van der Waals surface area contributed by atoms with E-state index >= 15 is 0 Å². The maximum absolute atomic E-state index is 5.64. The summed E-state index contributed by atoms with van der Waals surface area (Å²) in [5, 5.41) is 7.70. The van der Waals surface area contributed by atoms with Gasteiger partial charge in [-0.3, -0.25) is 4.99 Å². The molecule has 0 atom stereocenters. The zero-order valence-electron chi connectivity index (χ0n) is 17.2. The smallest absolute Gasteiger partial charge is 0.203 e. The minimum Gasteiger partial charge on any atom is -0.493 e. The summed E-state index contributed by atoms with van der Waals surface area (Å²) in [6.45, 7) is 7.76. The van der Waals surface area contributed by atoms with Crippen molar-refractivity contribution in [2.24, 2.45) is 4.99 Å². The molecule has 0 radical (unpaired) electrons. The van der Waals surface area contributed by atoms with Gasteiger partial charge in [0.15, 0.2) is 17.5 Å². The number of guanidine groups is 1. The number of ether oxygens (including phenoxy) is 3. The molecule has 9 heteroatoms. The van der Waals surface area contributed by atoms with Gasteiger partial charge in [0.05, 0.1) is 38.1 Å². The molecule has 0 fully saturated rings. The first-order valence-electron chi connectivity index (χ1n) is 8.77. The SMILES string of the molecule is CCOc1c(OC)cc(CNC(=NC)NCc2sc(C)nc2C)cc1OC.I. The maximum Gasteiger partial charge on any atom is 0.203 e. The molecule has 7 nitrogen and oxygen atoms in total. The zero-order chi connectivity index (χ0) is 19.8. The number of rotatable bonds is 8. The summed E-state index contributed by atoms with van der Waals surface area (Å²) in [5.74, 6) is 2.62. The number of hydrogen-bond acceptors (Lipinski definition) is 6. The Bertz CT molecular complexity index is 770. The predicted octanol–water partition coefficient (Wildman–Crippen LogP) is 3.66. The van der Waals surface area contributed by atoms with Crippen LogP contribution in [0, 0.1) is 13.8 Å². The first-order chi connectivity index (χ1) is 13.0. The second-order valence-corrected chi connectivity index (χ2v) is 7.07. The monoisotopic (exact) mass is 520 g/mol. The third-order valence-electron chi connectivity index (χ3n) is 3.91. The molecule has 28 heavy (non-hydrogen) atoms. The molecule has 0 amide bonds. The first kappa shape index (κ1) is 24.3. The van der Waals surface area contributed by atoms with Gasteiger partial charge in [-0.1, -0.05) is 0 Å². The molecule has 0 spiro atoms. The minimum atomic E-state index is 0. The maximum atomic E-state index is 5.64. The van der Waals surface area contributed by atoms with Gasteiger partial charge in [-0.05, 0) is 38.5 Å². The quantitative estimate of drug-likeness (QED) is 0.315. The van der Waals surface area contributed by atoms with Gasteiger partial charge < -0.3 is 24.8 Å². The van der Waals surface area contributed by atoms with Crippen LogP contribution < -0.4 is 24.8 Å². The van der Waals surface area contributed by atoms with E-state index in [1.54, 1.807) is 32.6 Å². The van der Waals surface area contributed by atoms with E-state index in [4.69, 9.17) is 14.2 Å². The molecular formula is C19H29IN4O3S. The van der Waals surface area contributed by atoms with E-state index in [0.29, 0.717) is 42.9 Å². The van der Waals surface area contributed by atoms with Crippen LogP contribution in [-0.4, -0.2) is 38.8 Å². The highest BCUT2D eigenvalue weighted by Crippen LogP contribution is 2.38. The average molecular weight is 520 g/mol. The third kappa shape index (κ3) is 6.40. The van der Waals surface area contributed by atoms with Crippen LogP contribution in [-0.2, 0) is 13.1 Å². The Labute approximate surface area is 187 Å². The number of nitrogens with zero attached hydrogens (tertiary/aromatic N) is 2. The number of methoxy groups -OCH3 is 2. The standard InChI is InChI=1S/C19H28N4O3S.HI/c1-7-26-18-15(24-5)8-14(9-16(18)25-6)10-21-19(20-4)22-11-17-12(2)23-13(3)27-17;/h8-9H,7,10-11H2,1-6H3,(H2,20,21,22);1H. The first-order valence-corrected chi connectivity index (χ1v) is 9.59. The van der Waals surface area contributed by atoms with Gasteiger partial charge in [0.1, 0.15) is 0 Å². The van der Waals surface area contributed by atoms with Gasteiger partial charge in [0.2, 0.25) is 5.75 Å². The van der Waals surface area contributed by atoms with E-state index in [0.717, 1.165) is 16.3 Å². The molecule has 1 heterocycles. The van der Waals surface area contributed by atoms with Crippen LogP contribution in [0.1, 0.15) is 28.1 Å². The van der Waals surface area contributed by atoms with Crippen molar-refractivity contribution in [2.45, 2.75) is 33.9 Å².